The van der Waals surface area contributed by atoms with Gasteiger partial charge in [-0.3, -0.25) is 0 Å². The summed E-state index contributed by atoms with van der Waals surface area (Å²) in [6.45, 7) is 7.75. The van der Waals surface area contributed by atoms with E-state index in [0.29, 0.717) is 18.1 Å². The summed E-state index contributed by atoms with van der Waals surface area (Å²) in [6, 6.07) is 0. The Morgan fingerprint density at radius 3 is 2.53 bits per heavy atom. The molecular formula is C13H25NO. The SMILES string of the molecule is CC(C)(C)[C@@H]1CCC[C@]12CC[C@@H](CN)O2. The van der Waals surface area contributed by atoms with Crippen molar-refractivity contribution in [3.8, 4) is 0 Å². The molecule has 2 nitrogen and oxygen atoms in total. The third-order valence-corrected chi connectivity index (χ3v) is 4.33. The van der Waals surface area contributed by atoms with Crippen molar-refractivity contribution >= 4 is 0 Å². The van der Waals surface area contributed by atoms with Crippen molar-refractivity contribution in [1.29, 1.82) is 0 Å². The van der Waals surface area contributed by atoms with Crippen LogP contribution in [0.1, 0.15) is 52.9 Å². The molecule has 0 aromatic heterocycles. The lowest BCUT2D eigenvalue weighted by Gasteiger charge is -2.40. The molecule has 0 aromatic carbocycles. The molecule has 0 unspecified atom stereocenters. The molecule has 2 rings (SSSR count). The maximum Gasteiger partial charge on any atom is 0.0720 e. The van der Waals surface area contributed by atoms with E-state index in [1.54, 1.807) is 0 Å². The van der Waals surface area contributed by atoms with Crippen molar-refractivity contribution in [2.75, 3.05) is 6.54 Å². The molecule has 1 saturated carbocycles. The van der Waals surface area contributed by atoms with Crippen LogP contribution in [0.4, 0.5) is 0 Å². The zero-order valence-corrected chi connectivity index (χ0v) is 10.4. The first kappa shape index (κ1) is 11.4. The molecule has 1 aliphatic carbocycles. The first-order chi connectivity index (χ1) is 6.98. The van der Waals surface area contributed by atoms with Gasteiger partial charge in [-0.25, -0.2) is 0 Å². The Hall–Kier alpha value is -0.0800. The molecule has 1 saturated heterocycles. The maximum absolute atomic E-state index is 6.27. The molecule has 1 spiro atoms. The average Bonchev–Trinajstić information content (AvgIpc) is 2.73. The molecule has 2 N–H and O–H groups in total. The highest BCUT2D eigenvalue weighted by Gasteiger charge is 2.52. The minimum absolute atomic E-state index is 0.183. The summed E-state index contributed by atoms with van der Waals surface area (Å²) in [5.74, 6) is 0.724. The van der Waals surface area contributed by atoms with E-state index in [1.807, 2.05) is 0 Å². The van der Waals surface area contributed by atoms with Crippen molar-refractivity contribution in [3.05, 3.63) is 0 Å². The third kappa shape index (κ3) is 1.94. The first-order valence-corrected chi connectivity index (χ1v) is 6.36. The standard InChI is InChI=1S/C13H25NO/c1-12(2,3)11-5-4-7-13(11)8-6-10(9-14)15-13/h10-11H,4-9,14H2,1-3H3/t10-,11-,13-/m0/s1. The molecule has 2 heteroatoms. The fraction of sp³-hybridized carbons (Fsp3) is 1.00. The Kier molecular flexibility index (Phi) is 2.85. The van der Waals surface area contributed by atoms with E-state index in [0.717, 1.165) is 5.92 Å². The van der Waals surface area contributed by atoms with E-state index in [9.17, 15) is 0 Å². The number of hydrogen-bond acceptors (Lipinski definition) is 2. The summed E-state index contributed by atoms with van der Waals surface area (Å²) < 4.78 is 6.27. The van der Waals surface area contributed by atoms with Crippen molar-refractivity contribution in [2.24, 2.45) is 17.1 Å². The third-order valence-electron chi connectivity index (χ3n) is 4.33. The molecule has 0 bridgehead atoms. The van der Waals surface area contributed by atoms with Crippen LogP contribution in [0.5, 0.6) is 0 Å². The largest absolute Gasteiger partial charge is 0.370 e. The van der Waals surface area contributed by atoms with Gasteiger partial charge in [-0.05, 0) is 37.0 Å². The van der Waals surface area contributed by atoms with Gasteiger partial charge in [0.2, 0.25) is 0 Å². The number of hydrogen-bond donors (Lipinski definition) is 1. The highest BCUT2D eigenvalue weighted by atomic mass is 16.5. The summed E-state index contributed by atoms with van der Waals surface area (Å²) in [5, 5.41) is 0. The minimum Gasteiger partial charge on any atom is -0.370 e. The Morgan fingerprint density at radius 2 is 2.00 bits per heavy atom. The van der Waals surface area contributed by atoms with Gasteiger partial charge < -0.3 is 10.5 Å². The molecule has 2 aliphatic rings. The topological polar surface area (TPSA) is 35.2 Å². The van der Waals surface area contributed by atoms with Crippen molar-refractivity contribution in [2.45, 2.75) is 64.6 Å². The van der Waals surface area contributed by atoms with E-state index >= 15 is 0 Å². The van der Waals surface area contributed by atoms with Crippen LogP contribution >= 0.6 is 0 Å². The molecule has 0 radical (unpaired) electrons. The fourth-order valence-electron chi connectivity index (χ4n) is 3.73. The Bertz CT molecular complexity index is 233. The summed E-state index contributed by atoms with van der Waals surface area (Å²) in [5.41, 5.74) is 6.27. The zero-order chi connectivity index (χ0) is 11.1. The monoisotopic (exact) mass is 211 g/mol. The molecule has 3 atom stereocenters. The molecule has 2 fully saturated rings. The number of rotatable bonds is 1. The van der Waals surface area contributed by atoms with Gasteiger partial charge in [0.1, 0.15) is 0 Å². The minimum atomic E-state index is 0.183. The highest BCUT2D eigenvalue weighted by molar-refractivity contribution is 5.02. The van der Waals surface area contributed by atoms with Crippen LogP contribution in [0, 0.1) is 11.3 Å². The molecule has 1 heterocycles. The summed E-state index contributed by atoms with van der Waals surface area (Å²) in [6.07, 6.45) is 6.65. The molecule has 0 aromatic rings. The van der Waals surface area contributed by atoms with Gasteiger partial charge >= 0.3 is 0 Å². The highest BCUT2D eigenvalue weighted by Crippen LogP contribution is 2.53. The van der Waals surface area contributed by atoms with E-state index in [1.165, 1.54) is 32.1 Å². The van der Waals surface area contributed by atoms with E-state index in [-0.39, 0.29) is 5.60 Å². The predicted molar refractivity (Wildman–Crippen MR) is 62.7 cm³/mol. The predicted octanol–water partition coefficient (Wildman–Crippen LogP) is 2.71. The Balaban J connectivity index is 2.14. The zero-order valence-electron chi connectivity index (χ0n) is 10.4. The van der Waals surface area contributed by atoms with Crippen LogP contribution in [0.2, 0.25) is 0 Å². The summed E-state index contributed by atoms with van der Waals surface area (Å²) in [7, 11) is 0. The fourth-order valence-corrected chi connectivity index (χ4v) is 3.73. The second-order valence-corrected chi connectivity index (χ2v) is 6.39. The molecule has 15 heavy (non-hydrogen) atoms. The van der Waals surface area contributed by atoms with Crippen LogP contribution in [-0.4, -0.2) is 18.2 Å². The van der Waals surface area contributed by atoms with Crippen LogP contribution in [0.15, 0.2) is 0 Å². The quantitative estimate of drug-likeness (QED) is 0.724. The summed E-state index contributed by atoms with van der Waals surface area (Å²) in [4.78, 5) is 0. The Morgan fingerprint density at radius 1 is 1.27 bits per heavy atom. The van der Waals surface area contributed by atoms with Crippen molar-refractivity contribution in [3.63, 3.8) is 0 Å². The summed E-state index contributed by atoms with van der Waals surface area (Å²) >= 11 is 0. The van der Waals surface area contributed by atoms with E-state index < -0.39 is 0 Å². The number of nitrogens with two attached hydrogens (primary N) is 1. The van der Waals surface area contributed by atoms with Gasteiger partial charge in [0.05, 0.1) is 11.7 Å². The number of ether oxygens (including phenoxy) is 1. The van der Waals surface area contributed by atoms with Crippen LogP contribution in [0.3, 0.4) is 0 Å². The van der Waals surface area contributed by atoms with Gasteiger partial charge in [-0.15, -0.1) is 0 Å². The lowest BCUT2D eigenvalue weighted by Crippen LogP contribution is -2.41. The average molecular weight is 211 g/mol. The smallest absolute Gasteiger partial charge is 0.0720 e. The second kappa shape index (κ2) is 3.74. The van der Waals surface area contributed by atoms with E-state index in [2.05, 4.69) is 20.8 Å². The van der Waals surface area contributed by atoms with Crippen molar-refractivity contribution in [1.82, 2.24) is 0 Å². The Labute approximate surface area is 93.6 Å². The first-order valence-electron chi connectivity index (χ1n) is 6.36. The van der Waals surface area contributed by atoms with E-state index in [4.69, 9.17) is 10.5 Å². The van der Waals surface area contributed by atoms with Gasteiger partial charge in [-0.2, -0.15) is 0 Å². The van der Waals surface area contributed by atoms with Crippen LogP contribution in [0.25, 0.3) is 0 Å². The molecule has 1 aliphatic heterocycles. The van der Waals surface area contributed by atoms with Gasteiger partial charge in [0, 0.05) is 6.54 Å². The normalized spacial score (nSPS) is 41.6. The lowest BCUT2D eigenvalue weighted by atomic mass is 9.71. The molecule has 0 amide bonds. The van der Waals surface area contributed by atoms with Crippen molar-refractivity contribution < 1.29 is 4.74 Å². The maximum atomic E-state index is 6.27. The van der Waals surface area contributed by atoms with Gasteiger partial charge in [-0.1, -0.05) is 27.2 Å². The second-order valence-electron chi connectivity index (χ2n) is 6.39. The molecular weight excluding hydrogens is 186 g/mol. The van der Waals surface area contributed by atoms with Crippen LogP contribution in [-0.2, 0) is 4.74 Å². The van der Waals surface area contributed by atoms with Crippen LogP contribution < -0.4 is 5.73 Å². The van der Waals surface area contributed by atoms with Gasteiger partial charge in [0.25, 0.3) is 0 Å². The molecule has 88 valence electrons. The van der Waals surface area contributed by atoms with Gasteiger partial charge in [0.15, 0.2) is 0 Å². The lowest BCUT2D eigenvalue weighted by molar-refractivity contribution is -0.0891.